The largest absolute Gasteiger partial charge is 0.374 e. The molecule has 3 saturated heterocycles. The van der Waals surface area contributed by atoms with E-state index in [1.54, 1.807) is 0 Å². The molecule has 3 aliphatic rings. The zero-order chi connectivity index (χ0) is 14.1. The van der Waals surface area contributed by atoms with Crippen molar-refractivity contribution in [2.45, 2.75) is 32.9 Å². The van der Waals surface area contributed by atoms with Crippen molar-refractivity contribution in [2.75, 3.05) is 52.4 Å². The Morgan fingerprint density at radius 1 is 1.25 bits per heavy atom. The van der Waals surface area contributed by atoms with Crippen LogP contribution in [0.2, 0.25) is 0 Å². The highest BCUT2D eigenvalue weighted by Gasteiger charge is 2.42. The van der Waals surface area contributed by atoms with E-state index >= 15 is 0 Å². The molecule has 3 heterocycles. The molecule has 0 saturated carbocycles. The summed E-state index contributed by atoms with van der Waals surface area (Å²) in [7, 11) is 0. The smallest absolute Gasteiger partial charge is 0.0829 e. The van der Waals surface area contributed by atoms with Gasteiger partial charge in [0.05, 0.1) is 12.7 Å². The highest BCUT2D eigenvalue weighted by molar-refractivity contribution is 4.97. The van der Waals surface area contributed by atoms with E-state index < -0.39 is 0 Å². The summed E-state index contributed by atoms with van der Waals surface area (Å²) >= 11 is 0. The van der Waals surface area contributed by atoms with Gasteiger partial charge in [-0.25, -0.2) is 0 Å². The number of morpholine rings is 1. The monoisotopic (exact) mass is 281 g/mol. The van der Waals surface area contributed by atoms with Crippen molar-refractivity contribution in [3.8, 4) is 0 Å². The highest BCUT2D eigenvalue weighted by atomic mass is 16.5. The molecule has 0 amide bonds. The molecule has 3 rings (SSSR count). The Bertz CT molecular complexity index is 323. The van der Waals surface area contributed by atoms with Gasteiger partial charge in [-0.1, -0.05) is 13.8 Å². The average molecular weight is 281 g/mol. The molecule has 4 heteroatoms. The summed E-state index contributed by atoms with van der Waals surface area (Å²) in [6, 6.07) is 0.721. The van der Waals surface area contributed by atoms with E-state index in [-0.39, 0.29) is 0 Å². The van der Waals surface area contributed by atoms with Crippen molar-refractivity contribution in [3.05, 3.63) is 0 Å². The maximum absolute atomic E-state index is 6.02. The second-order valence-corrected chi connectivity index (χ2v) is 7.42. The summed E-state index contributed by atoms with van der Waals surface area (Å²) in [6.45, 7) is 16.2. The van der Waals surface area contributed by atoms with Gasteiger partial charge in [-0.05, 0) is 37.8 Å². The van der Waals surface area contributed by atoms with E-state index in [1.165, 1.54) is 26.2 Å². The molecule has 4 nitrogen and oxygen atoms in total. The zero-order valence-electron chi connectivity index (χ0n) is 13.3. The Kier molecular flexibility index (Phi) is 4.65. The van der Waals surface area contributed by atoms with Crippen LogP contribution in [0.3, 0.4) is 0 Å². The van der Waals surface area contributed by atoms with Gasteiger partial charge in [0.15, 0.2) is 0 Å². The van der Waals surface area contributed by atoms with E-state index in [1.807, 2.05) is 0 Å². The molecule has 1 N–H and O–H groups in total. The Labute approximate surface area is 123 Å². The van der Waals surface area contributed by atoms with Gasteiger partial charge in [-0.2, -0.15) is 0 Å². The second kappa shape index (κ2) is 6.30. The summed E-state index contributed by atoms with van der Waals surface area (Å²) in [5.41, 5.74) is 0. The molecule has 0 bridgehead atoms. The topological polar surface area (TPSA) is 27.7 Å². The lowest BCUT2D eigenvalue weighted by Crippen LogP contribution is -2.49. The quantitative estimate of drug-likeness (QED) is 0.828. The molecule has 0 aromatic carbocycles. The maximum atomic E-state index is 6.02. The summed E-state index contributed by atoms with van der Waals surface area (Å²) in [4.78, 5) is 5.27. The van der Waals surface area contributed by atoms with Crippen molar-refractivity contribution >= 4 is 0 Å². The molecule has 0 spiro atoms. The third-order valence-electron chi connectivity index (χ3n) is 5.34. The Morgan fingerprint density at radius 2 is 2.10 bits per heavy atom. The number of hydrogen-bond acceptors (Lipinski definition) is 4. The standard InChI is InChI=1S/C16H31N3O/c1-12(2)8-18-4-5-20-15(10-18)11-19-9-14-6-17-7-16(14)13(19)3/h12-17H,4-11H2,1-3H3. The van der Waals surface area contributed by atoms with Crippen LogP contribution in [0.1, 0.15) is 20.8 Å². The van der Waals surface area contributed by atoms with Gasteiger partial charge in [0.25, 0.3) is 0 Å². The highest BCUT2D eigenvalue weighted by Crippen LogP contribution is 2.32. The van der Waals surface area contributed by atoms with Crippen molar-refractivity contribution < 1.29 is 4.74 Å². The minimum Gasteiger partial charge on any atom is -0.374 e. The second-order valence-electron chi connectivity index (χ2n) is 7.42. The molecular weight excluding hydrogens is 250 g/mol. The van der Waals surface area contributed by atoms with Gasteiger partial charge in [-0.3, -0.25) is 9.80 Å². The van der Waals surface area contributed by atoms with Crippen LogP contribution in [-0.2, 0) is 4.74 Å². The van der Waals surface area contributed by atoms with E-state index in [9.17, 15) is 0 Å². The lowest BCUT2D eigenvalue weighted by Gasteiger charge is -2.37. The molecule has 116 valence electrons. The summed E-state index contributed by atoms with van der Waals surface area (Å²) in [5, 5.41) is 3.54. The first kappa shape index (κ1) is 14.8. The number of nitrogens with zero attached hydrogens (tertiary/aromatic N) is 2. The Balaban J connectivity index is 1.50. The van der Waals surface area contributed by atoms with Crippen LogP contribution in [-0.4, -0.2) is 74.4 Å². The van der Waals surface area contributed by atoms with E-state index in [4.69, 9.17) is 4.74 Å². The van der Waals surface area contributed by atoms with Crippen LogP contribution >= 0.6 is 0 Å². The lowest BCUT2D eigenvalue weighted by molar-refractivity contribution is -0.0479. The van der Waals surface area contributed by atoms with Crippen LogP contribution in [0.25, 0.3) is 0 Å². The summed E-state index contributed by atoms with van der Waals surface area (Å²) in [6.07, 6.45) is 0.414. The Hall–Kier alpha value is -0.160. The van der Waals surface area contributed by atoms with Crippen LogP contribution in [0.4, 0.5) is 0 Å². The molecule has 20 heavy (non-hydrogen) atoms. The van der Waals surface area contributed by atoms with Gasteiger partial charge in [0.2, 0.25) is 0 Å². The number of nitrogens with one attached hydrogen (secondary N) is 1. The molecule has 0 aliphatic carbocycles. The number of rotatable bonds is 4. The number of ether oxygens (including phenoxy) is 1. The lowest BCUT2D eigenvalue weighted by atomic mass is 9.95. The van der Waals surface area contributed by atoms with Gasteiger partial charge in [0, 0.05) is 38.8 Å². The first-order valence-corrected chi connectivity index (χ1v) is 8.42. The van der Waals surface area contributed by atoms with Gasteiger partial charge >= 0.3 is 0 Å². The van der Waals surface area contributed by atoms with Gasteiger partial charge in [-0.15, -0.1) is 0 Å². The first-order chi connectivity index (χ1) is 9.63. The fourth-order valence-electron chi connectivity index (χ4n) is 4.33. The van der Waals surface area contributed by atoms with Crippen molar-refractivity contribution in [1.29, 1.82) is 0 Å². The fourth-order valence-corrected chi connectivity index (χ4v) is 4.33. The third kappa shape index (κ3) is 3.19. The van der Waals surface area contributed by atoms with Gasteiger partial charge < -0.3 is 10.1 Å². The van der Waals surface area contributed by atoms with E-state index in [0.29, 0.717) is 6.10 Å². The van der Waals surface area contributed by atoms with Crippen molar-refractivity contribution in [3.63, 3.8) is 0 Å². The Morgan fingerprint density at radius 3 is 2.85 bits per heavy atom. The minimum absolute atomic E-state index is 0.414. The number of likely N-dealkylation sites (tertiary alicyclic amines) is 1. The molecule has 4 atom stereocenters. The third-order valence-corrected chi connectivity index (χ3v) is 5.34. The summed E-state index contributed by atoms with van der Waals surface area (Å²) < 4.78 is 6.02. The molecule has 0 radical (unpaired) electrons. The fraction of sp³-hybridized carbons (Fsp3) is 1.00. The van der Waals surface area contributed by atoms with Crippen molar-refractivity contribution in [2.24, 2.45) is 17.8 Å². The molecule has 3 fully saturated rings. The molecule has 3 aliphatic heterocycles. The number of fused-ring (bicyclic) bond motifs is 1. The average Bonchev–Trinajstić information content (AvgIpc) is 2.94. The maximum Gasteiger partial charge on any atom is 0.0829 e. The van der Waals surface area contributed by atoms with Gasteiger partial charge in [0.1, 0.15) is 0 Å². The SMILES string of the molecule is CC(C)CN1CCOC(CN2CC3CNCC3C2C)C1. The molecule has 4 unspecified atom stereocenters. The van der Waals surface area contributed by atoms with E-state index in [0.717, 1.165) is 50.0 Å². The molecule has 0 aromatic heterocycles. The molecular formula is C16H31N3O. The van der Waals surface area contributed by atoms with Crippen LogP contribution in [0, 0.1) is 17.8 Å². The number of hydrogen-bond donors (Lipinski definition) is 1. The predicted octanol–water partition coefficient (Wildman–Crippen LogP) is 0.883. The minimum atomic E-state index is 0.414. The van der Waals surface area contributed by atoms with E-state index in [2.05, 4.69) is 35.9 Å². The predicted molar refractivity (Wildman–Crippen MR) is 81.9 cm³/mol. The first-order valence-electron chi connectivity index (χ1n) is 8.42. The van der Waals surface area contributed by atoms with Crippen LogP contribution in [0.15, 0.2) is 0 Å². The zero-order valence-corrected chi connectivity index (χ0v) is 13.3. The normalized spacial score (nSPS) is 39.6. The van der Waals surface area contributed by atoms with Crippen LogP contribution < -0.4 is 5.32 Å². The molecule has 0 aromatic rings. The van der Waals surface area contributed by atoms with Crippen molar-refractivity contribution in [1.82, 2.24) is 15.1 Å². The van der Waals surface area contributed by atoms with Crippen LogP contribution in [0.5, 0.6) is 0 Å². The summed E-state index contributed by atoms with van der Waals surface area (Å²) in [5.74, 6) is 2.50.